The van der Waals surface area contributed by atoms with Gasteiger partial charge < -0.3 is 14.9 Å². The van der Waals surface area contributed by atoms with Crippen molar-refractivity contribution in [1.29, 1.82) is 0 Å². The molecule has 0 bridgehead atoms. The molecule has 3 nitrogen and oxygen atoms in total. The van der Waals surface area contributed by atoms with Crippen molar-refractivity contribution in [1.82, 2.24) is 0 Å². The normalized spacial score (nSPS) is 14.4. The first-order valence-electron chi connectivity index (χ1n) is 11.5. The van der Waals surface area contributed by atoms with Gasteiger partial charge in [-0.15, -0.1) is 0 Å². The quantitative estimate of drug-likeness (QED) is 0.280. The molecule has 3 heteroatoms. The highest BCUT2D eigenvalue weighted by Gasteiger charge is 2.16. The summed E-state index contributed by atoms with van der Waals surface area (Å²) in [6.07, 6.45) is 18.9. The molecule has 0 heterocycles. The van der Waals surface area contributed by atoms with Crippen LogP contribution in [0.15, 0.2) is 0 Å². The van der Waals surface area contributed by atoms with Crippen LogP contribution in [0.2, 0.25) is 0 Å². The van der Waals surface area contributed by atoms with E-state index in [1.807, 2.05) is 0 Å². The summed E-state index contributed by atoms with van der Waals surface area (Å²) in [5.41, 5.74) is 0. The van der Waals surface area contributed by atoms with E-state index >= 15 is 0 Å². The van der Waals surface area contributed by atoms with Gasteiger partial charge in [0.05, 0.1) is 24.9 Å². The number of unbranched alkanes of at least 4 members (excludes halogenated alkanes) is 6. The van der Waals surface area contributed by atoms with Crippen molar-refractivity contribution in [3.05, 3.63) is 0 Å². The highest BCUT2D eigenvalue weighted by atomic mass is 16.5. The Morgan fingerprint density at radius 2 is 0.923 bits per heavy atom. The molecule has 0 aliphatic heterocycles. The minimum atomic E-state index is -0.560. The van der Waals surface area contributed by atoms with Crippen LogP contribution in [0, 0.1) is 0 Å². The van der Waals surface area contributed by atoms with Gasteiger partial charge in [0, 0.05) is 0 Å². The Morgan fingerprint density at radius 3 is 1.19 bits per heavy atom. The van der Waals surface area contributed by atoms with Crippen molar-refractivity contribution in [3.8, 4) is 0 Å². The van der Waals surface area contributed by atoms with Gasteiger partial charge in [0.25, 0.3) is 0 Å². The van der Waals surface area contributed by atoms with Crippen LogP contribution in [0.3, 0.4) is 0 Å². The van der Waals surface area contributed by atoms with Gasteiger partial charge in [0.2, 0.25) is 0 Å². The summed E-state index contributed by atoms with van der Waals surface area (Å²) >= 11 is 0. The molecule has 0 aromatic rings. The van der Waals surface area contributed by atoms with E-state index in [9.17, 15) is 0 Å². The van der Waals surface area contributed by atoms with Gasteiger partial charge in [0.15, 0.2) is 0 Å². The Hall–Kier alpha value is -0.120. The molecular formula is C23H50O3. The molecule has 0 aromatic heterocycles. The number of rotatable bonds is 17. The van der Waals surface area contributed by atoms with E-state index < -0.39 is 6.10 Å². The van der Waals surface area contributed by atoms with Crippen molar-refractivity contribution in [2.24, 2.45) is 0 Å². The zero-order valence-corrected chi connectivity index (χ0v) is 18.6. The van der Waals surface area contributed by atoms with E-state index in [-0.39, 0.29) is 6.61 Å². The minimum Gasteiger partial charge on any atom is -0.394 e. The summed E-state index contributed by atoms with van der Waals surface area (Å²) in [6, 6.07) is 0. The lowest BCUT2D eigenvalue weighted by molar-refractivity contribution is -0.0320. The molecule has 0 saturated carbocycles. The second-order valence-electron chi connectivity index (χ2n) is 7.69. The average molecular weight is 375 g/mol. The second-order valence-corrected chi connectivity index (χ2v) is 7.69. The molecule has 0 saturated heterocycles. The summed E-state index contributed by atoms with van der Waals surface area (Å²) in [5.74, 6) is 0. The highest BCUT2D eigenvalue weighted by molar-refractivity contribution is 4.66. The first-order chi connectivity index (χ1) is 12.5. The number of ether oxygens (including phenoxy) is 1. The fourth-order valence-corrected chi connectivity index (χ4v) is 2.94. The SMILES string of the molecule is CC(O)CO.CCCCCC(CCCC)OC(CCCC)CCCCC. The average Bonchev–Trinajstić information content (AvgIpc) is 2.64. The Kier molecular flexibility index (Phi) is 24.8. The van der Waals surface area contributed by atoms with E-state index in [4.69, 9.17) is 14.9 Å². The van der Waals surface area contributed by atoms with Crippen LogP contribution in [0.1, 0.15) is 125 Å². The van der Waals surface area contributed by atoms with Gasteiger partial charge in [-0.1, -0.05) is 91.9 Å². The molecule has 3 atom stereocenters. The summed E-state index contributed by atoms with van der Waals surface area (Å²) in [6.45, 7) is 10.5. The topological polar surface area (TPSA) is 49.7 Å². The zero-order chi connectivity index (χ0) is 20.0. The lowest BCUT2D eigenvalue weighted by atomic mass is 10.0. The molecule has 0 spiro atoms. The summed E-state index contributed by atoms with van der Waals surface area (Å²) in [4.78, 5) is 0. The van der Waals surface area contributed by atoms with Crippen molar-refractivity contribution in [3.63, 3.8) is 0 Å². The van der Waals surface area contributed by atoms with E-state index in [1.165, 1.54) is 96.8 Å². The lowest BCUT2D eigenvalue weighted by Gasteiger charge is -2.25. The summed E-state index contributed by atoms with van der Waals surface area (Å²) in [7, 11) is 0. The van der Waals surface area contributed by atoms with Crippen molar-refractivity contribution < 1.29 is 14.9 Å². The molecule has 26 heavy (non-hydrogen) atoms. The molecule has 0 rings (SSSR count). The van der Waals surface area contributed by atoms with Crippen LogP contribution in [-0.2, 0) is 4.74 Å². The fraction of sp³-hybridized carbons (Fsp3) is 1.00. The molecule has 0 amide bonds. The first-order valence-corrected chi connectivity index (χ1v) is 11.5. The smallest absolute Gasteiger partial charge is 0.0742 e. The largest absolute Gasteiger partial charge is 0.394 e. The van der Waals surface area contributed by atoms with Gasteiger partial charge in [0.1, 0.15) is 0 Å². The van der Waals surface area contributed by atoms with Crippen LogP contribution in [0.4, 0.5) is 0 Å². The summed E-state index contributed by atoms with van der Waals surface area (Å²) < 4.78 is 6.55. The molecule has 0 radical (unpaired) electrons. The van der Waals surface area contributed by atoms with Gasteiger partial charge >= 0.3 is 0 Å². The van der Waals surface area contributed by atoms with Crippen molar-refractivity contribution in [2.45, 2.75) is 143 Å². The zero-order valence-electron chi connectivity index (χ0n) is 18.6. The van der Waals surface area contributed by atoms with E-state index in [0.717, 1.165) is 0 Å². The molecule has 0 aliphatic rings. The maximum Gasteiger partial charge on any atom is 0.0742 e. The molecule has 0 aliphatic carbocycles. The minimum absolute atomic E-state index is 0.139. The number of aliphatic hydroxyl groups is 2. The number of aliphatic hydroxyl groups excluding tert-OH is 2. The van der Waals surface area contributed by atoms with E-state index in [2.05, 4.69) is 27.7 Å². The van der Waals surface area contributed by atoms with Gasteiger partial charge in [-0.2, -0.15) is 0 Å². The van der Waals surface area contributed by atoms with Crippen molar-refractivity contribution >= 4 is 0 Å². The Balaban J connectivity index is 0. The van der Waals surface area contributed by atoms with Crippen LogP contribution in [0.25, 0.3) is 0 Å². The van der Waals surface area contributed by atoms with Crippen LogP contribution >= 0.6 is 0 Å². The predicted octanol–water partition coefficient (Wildman–Crippen LogP) is 6.64. The molecule has 2 N–H and O–H groups in total. The van der Waals surface area contributed by atoms with Gasteiger partial charge in [-0.3, -0.25) is 0 Å². The van der Waals surface area contributed by atoms with Crippen LogP contribution in [-0.4, -0.2) is 35.1 Å². The fourth-order valence-electron chi connectivity index (χ4n) is 2.94. The van der Waals surface area contributed by atoms with Crippen molar-refractivity contribution in [2.75, 3.05) is 6.61 Å². The molecule has 3 unspecified atom stereocenters. The lowest BCUT2D eigenvalue weighted by Crippen LogP contribution is -2.22. The molecule has 0 aromatic carbocycles. The third-order valence-electron chi connectivity index (χ3n) is 4.67. The predicted molar refractivity (Wildman–Crippen MR) is 115 cm³/mol. The van der Waals surface area contributed by atoms with Gasteiger partial charge in [-0.25, -0.2) is 0 Å². The van der Waals surface area contributed by atoms with Crippen LogP contribution < -0.4 is 0 Å². The van der Waals surface area contributed by atoms with Crippen LogP contribution in [0.5, 0.6) is 0 Å². The first kappa shape index (κ1) is 28.1. The third-order valence-corrected chi connectivity index (χ3v) is 4.67. The summed E-state index contributed by atoms with van der Waals surface area (Å²) in [5, 5.41) is 16.0. The maximum atomic E-state index is 8.11. The molecule has 160 valence electrons. The molecule has 0 fully saturated rings. The van der Waals surface area contributed by atoms with E-state index in [1.54, 1.807) is 0 Å². The number of hydrogen-bond donors (Lipinski definition) is 2. The molecular weight excluding hydrogens is 324 g/mol. The highest BCUT2D eigenvalue weighted by Crippen LogP contribution is 2.21. The third kappa shape index (κ3) is 21.9. The standard InChI is InChI=1S/C20H42O.C3H8O2/c1-5-9-13-17-19(15-11-7-3)21-20(16-12-8-4)18-14-10-6-2;1-3(5)2-4/h19-20H,5-18H2,1-4H3;3-5H,2H2,1H3. The Bertz CT molecular complexity index is 224. The maximum absolute atomic E-state index is 8.11. The Labute approximate surface area is 164 Å². The van der Waals surface area contributed by atoms with E-state index in [0.29, 0.717) is 12.2 Å². The number of hydrogen-bond acceptors (Lipinski definition) is 3. The van der Waals surface area contributed by atoms with Gasteiger partial charge in [-0.05, 0) is 32.6 Å². The second kappa shape index (κ2) is 22.9. The monoisotopic (exact) mass is 374 g/mol. The Morgan fingerprint density at radius 1 is 0.615 bits per heavy atom.